The Morgan fingerprint density at radius 1 is 1.30 bits per heavy atom. The Bertz CT molecular complexity index is 539. The van der Waals surface area contributed by atoms with Crippen molar-refractivity contribution in [3.8, 4) is 0 Å². The van der Waals surface area contributed by atoms with Crippen molar-refractivity contribution in [2.45, 2.75) is 18.9 Å². The third-order valence-corrected chi connectivity index (χ3v) is 4.13. The van der Waals surface area contributed by atoms with Gasteiger partial charge < -0.3 is 5.11 Å². The molecule has 2 aliphatic rings. The van der Waals surface area contributed by atoms with Crippen LogP contribution < -0.4 is 5.43 Å². The first-order valence-electron chi connectivity index (χ1n) is 6.98. The van der Waals surface area contributed by atoms with E-state index in [-0.39, 0.29) is 0 Å². The van der Waals surface area contributed by atoms with Crippen LogP contribution in [0.2, 0.25) is 0 Å². The molecule has 4 atom stereocenters. The van der Waals surface area contributed by atoms with Crippen LogP contribution >= 0.6 is 0 Å². The quantitative estimate of drug-likeness (QED) is 0.499. The van der Waals surface area contributed by atoms with Crippen molar-refractivity contribution in [3.63, 3.8) is 0 Å². The van der Waals surface area contributed by atoms with Gasteiger partial charge in [0.2, 0.25) is 0 Å². The van der Waals surface area contributed by atoms with Crippen LogP contribution in [-0.2, 0) is 4.79 Å². The standard InChI is InChI=1S/C16H18N2O2/c19-15(12-4-2-1-3-5-12)16(20)18-17-10-14-9-11-6-7-13(14)8-11/h1-7,10-11,13-15,19H,8-9H2,(H,18,20). The summed E-state index contributed by atoms with van der Waals surface area (Å²) in [4.78, 5) is 11.8. The van der Waals surface area contributed by atoms with Crippen LogP contribution in [0.15, 0.2) is 47.6 Å². The first-order chi connectivity index (χ1) is 9.74. The topological polar surface area (TPSA) is 61.7 Å². The summed E-state index contributed by atoms with van der Waals surface area (Å²) in [6, 6.07) is 8.85. The first-order valence-corrected chi connectivity index (χ1v) is 6.98. The van der Waals surface area contributed by atoms with Crippen molar-refractivity contribution in [2.24, 2.45) is 22.9 Å². The minimum atomic E-state index is -1.17. The lowest BCUT2D eigenvalue weighted by molar-refractivity contribution is -0.129. The monoisotopic (exact) mass is 270 g/mol. The summed E-state index contributed by atoms with van der Waals surface area (Å²) in [6.45, 7) is 0. The largest absolute Gasteiger partial charge is 0.378 e. The van der Waals surface area contributed by atoms with Crippen molar-refractivity contribution in [1.82, 2.24) is 5.43 Å². The van der Waals surface area contributed by atoms with Crippen molar-refractivity contribution >= 4 is 12.1 Å². The molecular formula is C16H18N2O2. The molecule has 2 aliphatic carbocycles. The number of aliphatic hydroxyl groups is 1. The summed E-state index contributed by atoms with van der Waals surface area (Å²) < 4.78 is 0. The predicted molar refractivity (Wildman–Crippen MR) is 76.9 cm³/mol. The van der Waals surface area contributed by atoms with Gasteiger partial charge in [0, 0.05) is 12.1 Å². The summed E-state index contributed by atoms with van der Waals surface area (Å²) in [5, 5.41) is 13.9. The molecule has 0 radical (unpaired) electrons. The summed E-state index contributed by atoms with van der Waals surface area (Å²) in [7, 11) is 0. The summed E-state index contributed by atoms with van der Waals surface area (Å²) in [6.07, 6.45) is 7.47. The fourth-order valence-electron chi connectivity index (χ4n) is 3.04. The minimum absolute atomic E-state index is 0.416. The van der Waals surface area contributed by atoms with Gasteiger partial charge in [-0.15, -0.1) is 0 Å². The van der Waals surface area contributed by atoms with E-state index in [2.05, 4.69) is 22.7 Å². The highest BCUT2D eigenvalue weighted by molar-refractivity contribution is 5.82. The van der Waals surface area contributed by atoms with Crippen LogP contribution in [-0.4, -0.2) is 17.2 Å². The third kappa shape index (κ3) is 2.65. The summed E-state index contributed by atoms with van der Waals surface area (Å²) in [5.74, 6) is 1.17. The maximum Gasteiger partial charge on any atom is 0.273 e. The van der Waals surface area contributed by atoms with Crippen molar-refractivity contribution in [1.29, 1.82) is 0 Å². The molecule has 4 heteroatoms. The Morgan fingerprint density at radius 2 is 2.10 bits per heavy atom. The average molecular weight is 270 g/mol. The molecule has 0 aromatic heterocycles. The number of nitrogens with zero attached hydrogens (tertiary/aromatic N) is 1. The van der Waals surface area contributed by atoms with E-state index in [4.69, 9.17) is 0 Å². The van der Waals surface area contributed by atoms with Gasteiger partial charge in [0.05, 0.1) is 0 Å². The zero-order valence-electron chi connectivity index (χ0n) is 11.1. The molecule has 4 nitrogen and oxygen atoms in total. The molecule has 1 aromatic carbocycles. The SMILES string of the molecule is O=C(NN=CC1CC2C=CC1C2)C(O)c1ccccc1. The first kappa shape index (κ1) is 13.1. The number of allylic oxidation sites excluding steroid dienone is 2. The van der Waals surface area contributed by atoms with E-state index < -0.39 is 12.0 Å². The van der Waals surface area contributed by atoms with Gasteiger partial charge in [-0.2, -0.15) is 5.10 Å². The fourth-order valence-corrected chi connectivity index (χ4v) is 3.04. The average Bonchev–Trinajstić information content (AvgIpc) is 3.10. The minimum Gasteiger partial charge on any atom is -0.378 e. The number of aliphatic hydroxyl groups excluding tert-OH is 1. The van der Waals surface area contributed by atoms with E-state index in [1.54, 1.807) is 24.3 Å². The van der Waals surface area contributed by atoms with Crippen LogP contribution in [0, 0.1) is 17.8 Å². The van der Waals surface area contributed by atoms with Crippen LogP contribution in [0.3, 0.4) is 0 Å². The second-order valence-corrected chi connectivity index (χ2v) is 5.51. The van der Waals surface area contributed by atoms with E-state index in [1.165, 1.54) is 6.42 Å². The number of hydrogen-bond acceptors (Lipinski definition) is 3. The Morgan fingerprint density at radius 3 is 2.75 bits per heavy atom. The number of rotatable bonds is 4. The molecule has 0 saturated heterocycles. The van der Waals surface area contributed by atoms with E-state index in [9.17, 15) is 9.90 Å². The highest BCUT2D eigenvalue weighted by Crippen LogP contribution is 2.42. The predicted octanol–water partition coefficient (Wildman–Crippen LogP) is 2.03. The number of hydrazone groups is 1. The molecule has 20 heavy (non-hydrogen) atoms. The Kier molecular flexibility index (Phi) is 3.65. The lowest BCUT2D eigenvalue weighted by Gasteiger charge is -2.12. The highest BCUT2D eigenvalue weighted by atomic mass is 16.3. The van der Waals surface area contributed by atoms with Gasteiger partial charge in [-0.3, -0.25) is 4.79 Å². The number of nitrogens with one attached hydrogen (secondary N) is 1. The molecule has 1 saturated carbocycles. The summed E-state index contributed by atoms with van der Waals surface area (Å²) in [5.41, 5.74) is 3.00. The van der Waals surface area contributed by atoms with Gasteiger partial charge in [-0.1, -0.05) is 42.5 Å². The van der Waals surface area contributed by atoms with Crippen LogP contribution in [0.5, 0.6) is 0 Å². The van der Waals surface area contributed by atoms with E-state index in [0.29, 0.717) is 23.3 Å². The second-order valence-electron chi connectivity index (χ2n) is 5.51. The Hall–Kier alpha value is -1.94. The van der Waals surface area contributed by atoms with Crippen LogP contribution in [0.4, 0.5) is 0 Å². The molecule has 0 aliphatic heterocycles. The maximum absolute atomic E-state index is 11.8. The van der Waals surface area contributed by atoms with Gasteiger partial charge in [0.25, 0.3) is 5.91 Å². The van der Waals surface area contributed by atoms with Gasteiger partial charge >= 0.3 is 0 Å². The number of carbonyl (C=O) groups is 1. The molecule has 3 rings (SSSR count). The Labute approximate surface area is 118 Å². The molecule has 1 fully saturated rings. The third-order valence-electron chi connectivity index (χ3n) is 4.13. The van der Waals surface area contributed by atoms with Crippen molar-refractivity contribution in [3.05, 3.63) is 48.0 Å². The Balaban J connectivity index is 1.53. The molecule has 4 unspecified atom stereocenters. The normalized spacial score (nSPS) is 28.9. The molecular weight excluding hydrogens is 252 g/mol. The second kappa shape index (κ2) is 5.59. The van der Waals surface area contributed by atoms with Gasteiger partial charge in [0.15, 0.2) is 6.10 Å². The van der Waals surface area contributed by atoms with Gasteiger partial charge in [-0.05, 0) is 30.2 Å². The number of fused-ring (bicyclic) bond motifs is 2. The van der Waals surface area contributed by atoms with Gasteiger partial charge in [0.1, 0.15) is 0 Å². The molecule has 0 spiro atoms. The molecule has 0 heterocycles. The molecule has 1 amide bonds. The van der Waals surface area contributed by atoms with Crippen molar-refractivity contribution < 1.29 is 9.90 Å². The number of benzene rings is 1. The van der Waals surface area contributed by atoms with E-state index >= 15 is 0 Å². The molecule has 1 aromatic rings. The smallest absolute Gasteiger partial charge is 0.273 e. The van der Waals surface area contributed by atoms with E-state index in [0.717, 1.165) is 6.42 Å². The van der Waals surface area contributed by atoms with Crippen molar-refractivity contribution in [2.75, 3.05) is 0 Å². The van der Waals surface area contributed by atoms with Crippen LogP contribution in [0.25, 0.3) is 0 Å². The molecule has 2 N–H and O–H groups in total. The summed E-state index contributed by atoms with van der Waals surface area (Å²) >= 11 is 0. The molecule has 2 bridgehead atoms. The number of hydrogen-bond donors (Lipinski definition) is 2. The van der Waals surface area contributed by atoms with Gasteiger partial charge in [-0.25, -0.2) is 5.43 Å². The number of carbonyl (C=O) groups excluding carboxylic acids is 1. The number of amides is 1. The zero-order chi connectivity index (χ0) is 13.9. The van der Waals surface area contributed by atoms with E-state index in [1.807, 2.05) is 12.3 Å². The lowest BCUT2D eigenvalue weighted by Crippen LogP contribution is -2.25. The van der Waals surface area contributed by atoms with Crippen LogP contribution in [0.1, 0.15) is 24.5 Å². The highest BCUT2D eigenvalue weighted by Gasteiger charge is 2.34. The fraction of sp³-hybridized carbons (Fsp3) is 0.375. The zero-order valence-corrected chi connectivity index (χ0v) is 11.1. The lowest BCUT2D eigenvalue weighted by atomic mass is 9.95. The molecule has 104 valence electrons. The maximum atomic E-state index is 11.8.